The van der Waals surface area contributed by atoms with Crippen molar-refractivity contribution in [1.29, 1.82) is 5.26 Å². The number of nitriles is 1. The van der Waals surface area contributed by atoms with Crippen molar-refractivity contribution in [2.45, 2.75) is 13.8 Å². The third kappa shape index (κ3) is 5.83. The maximum absolute atomic E-state index is 12.6. The van der Waals surface area contributed by atoms with Gasteiger partial charge in [0.25, 0.3) is 5.69 Å². The Bertz CT molecular complexity index is 1380. The smallest absolute Gasteiger partial charge is 0.348 e. The summed E-state index contributed by atoms with van der Waals surface area (Å²) in [5.74, 6) is -1.22. The van der Waals surface area contributed by atoms with Gasteiger partial charge in [0.2, 0.25) is 0 Å². The van der Waals surface area contributed by atoms with Gasteiger partial charge in [-0.2, -0.15) is 5.26 Å². The number of allylic oxidation sites excluding steroid dienone is 1. The molecule has 0 spiro atoms. The van der Waals surface area contributed by atoms with Crippen LogP contribution in [0, 0.1) is 28.4 Å². The zero-order valence-corrected chi connectivity index (χ0v) is 20.9. The van der Waals surface area contributed by atoms with E-state index in [9.17, 15) is 25.0 Å². The quantitative estimate of drug-likeness (QED) is 0.118. The summed E-state index contributed by atoms with van der Waals surface area (Å²) < 4.78 is 10.2. The van der Waals surface area contributed by atoms with Gasteiger partial charge < -0.3 is 14.8 Å². The third-order valence-electron chi connectivity index (χ3n) is 4.72. The number of anilines is 1. The highest BCUT2D eigenvalue weighted by Gasteiger charge is 2.26. The van der Waals surface area contributed by atoms with E-state index in [2.05, 4.69) is 22.9 Å². The van der Waals surface area contributed by atoms with E-state index in [4.69, 9.17) is 9.47 Å². The lowest BCUT2D eigenvalue weighted by Crippen LogP contribution is -2.09. The van der Waals surface area contributed by atoms with Crippen molar-refractivity contribution in [2.24, 2.45) is 0 Å². The van der Waals surface area contributed by atoms with Crippen molar-refractivity contribution in [2.75, 3.05) is 18.5 Å². The molecule has 184 valence electrons. The Morgan fingerprint density at radius 3 is 2.61 bits per heavy atom. The van der Waals surface area contributed by atoms with Gasteiger partial charge in [-0.1, -0.05) is 12.7 Å². The topological polar surface area (TPSA) is 144 Å². The van der Waals surface area contributed by atoms with E-state index in [1.54, 1.807) is 31.4 Å². The molecule has 0 unspecified atom stereocenters. The van der Waals surface area contributed by atoms with E-state index in [-0.39, 0.29) is 34.9 Å². The Balaban J connectivity index is 1.91. The average Bonchev–Trinajstić information content (AvgIpc) is 3.48. The molecule has 3 aromatic rings. The first-order chi connectivity index (χ1) is 17.3. The molecule has 0 aliphatic carbocycles. The molecule has 36 heavy (non-hydrogen) atoms. The van der Waals surface area contributed by atoms with E-state index in [0.717, 1.165) is 11.3 Å². The zero-order chi connectivity index (χ0) is 26.2. The number of carbonyl (C=O) groups excluding carboxylic acids is 2. The van der Waals surface area contributed by atoms with Gasteiger partial charge in [0.15, 0.2) is 0 Å². The summed E-state index contributed by atoms with van der Waals surface area (Å²) in [6, 6.07) is 7.99. The monoisotopic (exact) mass is 524 g/mol. The summed E-state index contributed by atoms with van der Waals surface area (Å²) in [7, 11) is 0. The molecule has 10 nitrogen and oxygen atoms in total. The van der Waals surface area contributed by atoms with Crippen LogP contribution in [0.15, 0.2) is 48.5 Å². The molecule has 0 aliphatic heterocycles. The van der Waals surface area contributed by atoms with E-state index >= 15 is 0 Å². The number of nitro groups is 1. The predicted octanol–water partition coefficient (Wildman–Crippen LogP) is 5.58. The van der Waals surface area contributed by atoms with E-state index < -0.39 is 16.9 Å². The zero-order valence-electron chi connectivity index (χ0n) is 19.3. The number of thiazole rings is 1. The van der Waals surface area contributed by atoms with Gasteiger partial charge in [-0.15, -0.1) is 22.7 Å². The number of hydrogen-bond acceptors (Lipinski definition) is 11. The Hall–Kier alpha value is -4.34. The number of rotatable bonds is 10. The minimum absolute atomic E-state index is 0.0211. The number of ether oxygens (including phenoxy) is 2. The summed E-state index contributed by atoms with van der Waals surface area (Å²) in [6.45, 7) is 6.97. The molecule has 0 atom stereocenters. The molecule has 2 heterocycles. The lowest BCUT2D eigenvalue weighted by molar-refractivity contribution is -0.384. The number of nitrogens with zero attached hydrogens (tertiary/aromatic N) is 3. The first-order valence-corrected chi connectivity index (χ1v) is 12.2. The van der Waals surface area contributed by atoms with Crippen LogP contribution in [-0.2, 0) is 9.47 Å². The number of non-ortho nitro benzene ring substituents is 1. The predicted molar refractivity (Wildman–Crippen MR) is 137 cm³/mol. The first kappa shape index (κ1) is 26.3. The van der Waals surface area contributed by atoms with Crippen LogP contribution in [0.4, 0.5) is 10.7 Å². The lowest BCUT2D eigenvalue weighted by atomic mass is 10.1. The largest absolute Gasteiger partial charge is 0.462 e. The molecule has 0 bridgehead atoms. The Morgan fingerprint density at radius 1 is 1.28 bits per heavy atom. The van der Waals surface area contributed by atoms with Gasteiger partial charge in [0.05, 0.1) is 22.8 Å². The molecule has 3 rings (SSSR count). The first-order valence-electron chi connectivity index (χ1n) is 10.5. The van der Waals surface area contributed by atoms with Gasteiger partial charge >= 0.3 is 11.9 Å². The Kier molecular flexibility index (Phi) is 8.66. The second-order valence-electron chi connectivity index (χ2n) is 7.02. The molecule has 0 aliphatic rings. The van der Waals surface area contributed by atoms with Crippen LogP contribution in [0.25, 0.3) is 16.8 Å². The summed E-state index contributed by atoms with van der Waals surface area (Å²) in [5, 5.41) is 26.0. The van der Waals surface area contributed by atoms with Crippen molar-refractivity contribution >= 4 is 50.9 Å². The van der Waals surface area contributed by atoms with Crippen molar-refractivity contribution in [3.05, 3.63) is 79.6 Å². The fourth-order valence-corrected chi connectivity index (χ4v) is 4.88. The second-order valence-corrected chi connectivity index (χ2v) is 8.90. The van der Waals surface area contributed by atoms with Gasteiger partial charge in [-0.3, -0.25) is 10.1 Å². The number of nitro benzene ring substituents is 1. The number of esters is 2. The molecule has 0 radical (unpaired) electrons. The van der Waals surface area contributed by atoms with Gasteiger partial charge in [0, 0.05) is 29.3 Å². The van der Waals surface area contributed by atoms with Gasteiger partial charge in [0.1, 0.15) is 33.1 Å². The number of aromatic nitrogens is 1. The highest BCUT2D eigenvalue weighted by atomic mass is 32.1. The Morgan fingerprint density at radius 2 is 2.00 bits per heavy atom. The summed E-state index contributed by atoms with van der Waals surface area (Å²) in [4.78, 5) is 40.1. The highest BCUT2D eigenvalue weighted by Crippen LogP contribution is 2.35. The molecular weight excluding hydrogens is 504 g/mol. The molecule has 0 saturated heterocycles. The van der Waals surface area contributed by atoms with E-state index in [1.165, 1.54) is 35.7 Å². The van der Waals surface area contributed by atoms with Gasteiger partial charge in [-0.05, 0) is 31.5 Å². The fourth-order valence-electron chi connectivity index (χ4n) is 3.02. The molecule has 1 N–H and O–H groups in total. The van der Waals surface area contributed by atoms with Crippen molar-refractivity contribution in [1.82, 2.24) is 4.98 Å². The number of carbonyl (C=O) groups is 2. The van der Waals surface area contributed by atoms with Crippen LogP contribution in [0.2, 0.25) is 0 Å². The van der Waals surface area contributed by atoms with E-state index in [0.29, 0.717) is 26.8 Å². The normalized spacial score (nSPS) is 10.9. The average molecular weight is 525 g/mol. The van der Waals surface area contributed by atoms with Crippen LogP contribution in [0.3, 0.4) is 0 Å². The molecule has 1 aromatic carbocycles. The second kappa shape index (κ2) is 11.9. The maximum Gasteiger partial charge on any atom is 0.348 e. The van der Waals surface area contributed by atoms with Crippen LogP contribution >= 0.6 is 22.7 Å². The standard InChI is InChI=1S/C24H20N4O6S2/c1-4-10-34-24(30)20-14(3)19(23(29)33-5-2)22(36-20)26-12-16(11-25)21-27-18(13-35-21)15-6-8-17(9-7-15)28(31)32/h4,6-9,12-13,26H,1,5,10H2,2-3H3. The number of thiophene rings is 1. The van der Waals surface area contributed by atoms with Gasteiger partial charge in [-0.25, -0.2) is 14.6 Å². The van der Waals surface area contributed by atoms with Crippen LogP contribution in [-0.4, -0.2) is 35.1 Å². The molecular formula is C24H20N4O6S2. The lowest BCUT2D eigenvalue weighted by Gasteiger charge is -2.05. The van der Waals surface area contributed by atoms with Crippen molar-refractivity contribution < 1.29 is 24.0 Å². The fraction of sp³-hybridized carbons (Fsp3) is 0.167. The molecule has 2 aromatic heterocycles. The third-order valence-corrected chi connectivity index (χ3v) is 6.80. The maximum atomic E-state index is 12.6. The summed E-state index contributed by atoms with van der Waals surface area (Å²) in [6.07, 6.45) is 2.83. The SMILES string of the molecule is C=CCOC(=O)c1sc(NC=C(C#N)c2nc(-c3ccc([N+](=O)[O-])cc3)cs2)c(C(=O)OCC)c1C. The van der Waals surface area contributed by atoms with Crippen molar-refractivity contribution in [3.8, 4) is 17.3 Å². The minimum atomic E-state index is -0.613. The van der Waals surface area contributed by atoms with Crippen LogP contribution in [0.5, 0.6) is 0 Å². The van der Waals surface area contributed by atoms with Crippen LogP contribution < -0.4 is 5.32 Å². The highest BCUT2D eigenvalue weighted by molar-refractivity contribution is 7.18. The summed E-state index contributed by atoms with van der Waals surface area (Å²) >= 11 is 2.22. The minimum Gasteiger partial charge on any atom is -0.462 e. The van der Waals surface area contributed by atoms with Crippen molar-refractivity contribution in [3.63, 3.8) is 0 Å². The number of hydrogen-bond donors (Lipinski definition) is 1. The number of nitrogens with one attached hydrogen (secondary N) is 1. The molecule has 0 amide bonds. The van der Waals surface area contributed by atoms with Crippen LogP contribution in [0.1, 0.15) is 37.5 Å². The number of benzene rings is 1. The Labute approximate surface area is 214 Å². The molecule has 0 saturated carbocycles. The molecule has 12 heteroatoms. The summed E-state index contributed by atoms with van der Waals surface area (Å²) in [5.41, 5.74) is 1.94. The van der Waals surface area contributed by atoms with E-state index in [1.807, 2.05) is 0 Å². The molecule has 0 fully saturated rings.